The molecular weight excluding hydrogens is 354 g/mol. The number of carbonyl (C=O) groups is 1. The normalized spacial score (nSPS) is 10.4. The lowest BCUT2D eigenvalue weighted by atomic mass is 10.1. The van der Waals surface area contributed by atoms with Crippen molar-refractivity contribution in [3.8, 4) is 6.07 Å². The lowest BCUT2D eigenvalue weighted by Crippen LogP contribution is -2.14. The second kappa shape index (κ2) is 7.56. The van der Waals surface area contributed by atoms with E-state index >= 15 is 0 Å². The number of nitriles is 1. The third kappa shape index (κ3) is 4.11. The standard InChI is InChI=1S/C19H14ClN3OS/c1-12-6-7-16-13(8-12)9-14(10-21)19(23-16)25-11-18(24)22-17-5-3-2-4-15(17)20/h2-9H,11H2,1H3,(H,22,24). The molecule has 6 heteroatoms. The van der Waals surface area contributed by atoms with Crippen molar-refractivity contribution in [3.05, 3.63) is 64.7 Å². The van der Waals surface area contributed by atoms with Crippen LogP contribution in [0.2, 0.25) is 5.02 Å². The van der Waals surface area contributed by atoms with Crippen molar-refractivity contribution in [2.75, 3.05) is 11.1 Å². The summed E-state index contributed by atoms with van der Waals surface area (Å²) in [6.45, 7) is 1.99. The second-order valence-electron chi connectivity index (χ2n) is 5.47. The molecule has 0 aliphatic rings. The number of para-hydroxylation sites is 1. The molecule has 3 aromatic rings. The number of aryl methyl sites for hydroxylation is 1. The zero-order chi connectivity index (χ0) is 17.8. The molecule has 4 nitrogen and oxygen atoms in total. The molecule has 0 bridgehead atoms. The van der Waals surface area contributed by atoms with Gasteiger partial charge in [0.25, 0.3) is 0 Å². The molecule has 124 valence electrons. The van der Waals surface area contributed by atoms with Gasteiger partial charge in [0.15, 0.2) is 0 Å². The summed E-state index contributed by atoms with van der Waals surface area (Å²) in [5.74, 6) is -0.0580. The monoisotopic (exact) mass is 367 g/mol. The molecule has 1 aromatic heterocycles. The predicted molar refractivity (Wildman–Crippen MR) is 102 cm³/mol. The van der Waals surface area contributed by atoms with Gasteiger partial charge >= 0.3 is 0 Å². The van der Waals surface area contributed by atoms with Crippen molar-refractivity contribution in [3.63, 3.8) is 0 Å². The second-order valence-corrected chi connectivity index (χ2v) is 6.84. The van der Waals surface area contributed by atoms with Crippen molar-refractivity contribution in [2.45, 2.75) is 11.9 Å². The van der Waals surface area contributed by atoms with Crippen LogP contribution in [-0.4, -0.2) is 16.6 Å². The summed E-state index contributed by atoms with van der Waals surface area (Å²) in [5, 5.41) is 14.1. The average molecular weight is 368 g/mol. The number of rotatable bonds is 4. The van der Waals surface area contributed by atoms with Gasteiger partial charge in [0.2, 0.25) is 5.91 Å². The first-order valence-electron chi connectivity index (χ1n) is 7.55. The summed E-state index contributed by atoms with van der Waals surface area (Å²) in [6.07, 6.45) is 0. The van der Waals surface area contributed by atoms with Crippen LogP contribution in [0, 0.1) is 18.3 Å². The summed E-state index contributed by atoms with van der Waals surface area (Å²) < 4.78 is 0. The van der Waals surface area contributed by atoms with Crippen LogP contribution in [0.1, 0.15) is 11.1 Å². The van der Waals surface area contributed by atoms with Crippen molar-refractivity contribution in [1.82, 2.24) is 4.98 Å². The molecule has 0 unspecified atom stereocenters. The van der Waals surface area contributed by atoms with Crippen LogP contribution in [0.15, 0.2) is 53.6 Å². The maximum atomic E-state index is 12.1. The largest absolute Gasteiger partial charge is 0.324 e. The smallest absolute Gasteiger partial charge is 0.234 e. The molecule has 2 aromatic carbocycles. The van der Waals surface area contributed by atoms with Crippen molar-refractivity contribution in [2.24, 2.45) is 0 Å². The third-order valence-electron chi connectivity index (χ3n) is 3.54. The molecule has 3 rings (SSSR count). The van der Waals surface area contributed by atoms with Crippen LogP contribution in [0.5, 0.6) is 0 Å². The number of pyridine rings is 1. The van der Waals surface area contributed by atoms with E-state index in [1.165, 1.54) is 11.8 Å². The molecule has 1 N–H and O–H groups in total. The number of anilines is 1. The molecule has 0 aliphatic carbocycles. The van der Waals surface area contributed by atoms with Crippen LogP contribution in [-0.2, 0) is 4.79 Å². The van der Waals surface area contributed by atoms with Gasteiger partial charge in [-0.1, -0.05) is 47.1 Å². The van der Waals surface area contributed by atoms with Crippen molar-refractivity contribution in [1.29, 1.82) is 5.26 Å². The molecule has 0 fully saturated rings. The van der Waals surface area contributed by atoms with Gasteiger partial charge < -0.3 is 5.32 Å². The van der Waals surface area contributed by atoms with Gasteiger partial charge in [0.05, 0.1) is 27.5 Å². The number of benzene rings is 2. The Kier molecular flexibility index (Phi) is 5.22. The maximum Gasteiger partial charge on any atom is 0.234 e. The Bertz CT molecular complexity index is 998. The third-order valence-corrected chi connectivity index (χ3v) is 4.86. The van der Waals surface area contributed by atoms with Gasteiger partial charge in [0, 0.05) is 5.39 Å². The number of halogens is 1. The molecule has 1 heterocycles. The summed E-state index contributed by atoms with van der Waals surface area (Å²) in [5.41, 5.74) is 2.95. The van der Waals surface area contributed by atoms with E-state index in [-0.39, 0.29) is 11.7 Å². The van der Waals surface area contributed by atoms with Crippen molar-refractivity contribution < 1.29 is 4.79 Å². The molecule has 0 saturated heterocycles. The first kappa shape index (κ1) is 17.3. The minimum Gasteiger partial charge on any atom is -0.324 e. The van der Waals surface area contributed by atoms with Crippen LogP contribution >= 0.6 is 23.4 Å². The minimum absolute atomic E-state index is 0.143. The molecule has 0 atom stereocenters. The Morgan fingerprint density at radius 3 is 2.84 bits per heavy atom. The minimum atomic E-state index is -0.201. The lowest BCUT2D eigenvalue weighted by Gasteiger charge is -2.08. The number of thioether (sulfide) groups is 1. The highest BCUT2D eigenvalue weighted by Gasteiger charge is 2.11. The summed E-state index contributed by atoms with van der Waals surface area (Å²) in [7, 11) is 0. The van der Waals surface area contributed by atoms with Crippen molar-refractivity contribution >= 4 is 45.9 Å². The zero-order valence-electron chi connectivity index (χ0n) is 13.4. The molecule has 0 saturated carbocycles. The number of fused-ring (bicyclic) bond motifs is 1. The van der Waals surface area contributed by atoms with E-state index in [1.807, 2.05) is 31.2 Å². The zero-order valence-corrected chi connectivity index (χ0v) is 15.0. The summed E-state index contributed by atoms with van der Waals surface area (Å²) in [4.78, 5) is 16.7. The number of hydrogen-bond acceptors (Lipinski definition) is 4. The highest BCUT2D eigenvalue weighted by molar-refractivity contribution is 8.00. The Hall–Kier alpha value is -2.55. The van der Waals surface area contributed by atoms with Gasteiger partial charge in [-0.3, -0.25) is 4.79 Å². The number of amides is 1. The Labute approximate surface area is 154 Å². The van der Waals surface area contributed by atoms with Gasteiger partial charge in [-0.25, -0.2) is 4.98 Å². The topological polar surface area (TPSA) is 65.8 Å². The maximum absolute atomic E-state index is 12.1. The Balaban J connectivity index is 1.76. The summed E-state index contributed by atoms with van der Waals surface area (Å²) >= 11 is 7.27. The first-order chi connectivity index (χ1) is 12.1. The van der Waals surface area contributed by atoms with Gasteiger partial charge in [-0.15, -0.1) is 0 Å². The quantitative estimate of drug-likeness (QED) is 0.672. The average Bonchev–Trinajstić information content (AvgIpc) is 2.61. The fourth-order valence-electron chi connectivity index (χ4n) is 2.35. The Morgan fingerprint density at radius 1 is 1.28 bits per heavy atom. The van der Waals surface area contributed by atoms with Crippen LogP contribution in [0.3, 0.4) is 0 Å². The number of nitrogens with zero attached hydrogens (tertiary/aromatic N) is 2. The van der Waals surface area contributed by atoms with Crippen LogP contribution < -0.4 is 5.32 Å². The molecule has 1 amide bonds. The van der Waals surface area contributed by atoms with E-state index in [4.69, 9.17) is 11.6 Å². The predicted octanol–water partition coefficient (Wildman–Crippen LogP) is 4.80. The molecule has 0 aliphatic heterocycles. The molecule has 25 heavy (non-hydrogen) atoms. The fourth-order valence-corrected chi connectivity index (χ4v) is 3.30. The SMILES string of the molecule is Cc1ccc2nc(SCC(=O)Nc3ccccc3Cl)c(C#N)cc2c1. The first-order valence-corrected chi connectivity index (χ1v) is 8.92. The van der Waals surface area contributed by atoms with E-state index in [9.17, 15) is 10.1 Å². The van der Waals surface area contributed by atoms with Gasteiger partial charge in [-0.05, 0) is 37.3 Å². The van der Waals surface area contributed by atoms with E-state index in [1.54, 1.807) is 24.3 Å². The van der Waals surface area contributed by atoms with Crippen LogP contribution in [0.4, 0.5) is 5.69 Å². The fraction of sp³-hybridized carbons (Fsp3) is 0.105. The van der Waals surface area contributed by atoms with E-state index in [2.05, 4.69) is 16.4 Å². The van der Waals surface area contributed by atoms with Gasteiger partial charge in [-0.2, -0.15) is 5.26 Å². The number of hydrogen-bond donors (Lipinski definition) is 1. The molecular formula is C19H14ClN3OS. The lowest BCUT2D eigenvalue weighted by molar-refractivity contribution is -0.113. The van der Waals surface area contributed by atoms with E-state index in [0.717, 1.165) is 16.5 Å². The highest BCUT2D eigenvalue weighted by atomic mass is 35.5. The van der Waals surface area contributed by atoms with E-state index in [0.29, 0.717) is 21.3 Å². The van der Waals surface area contributed by atoms with E-state index < -0.39 is 0 Å². The molecule has 0 spiro atoms. The van der Waals surface area contributed by atoms with Gasteiger partial charge in [0.1, 0.15) is 11.1 Å². The number of aromatic nitrogens is 1. The Morgan fingerprint density at radius 2 is 2.08 bits per heavy atom. The number of nitrogens with one attached hydrogen (secondary N) is 1. The molecule has 0 radical (unpaired) electrons. The highest BCUT2D eigenvalue weighted by Crippen LogP contribution is 2.26. The van der Waals surface area contributed by atoms with Crippen LogP contribution in [0.25, 0.3) is 10.9 Å². The number of carbonyl (C=O) groups excluding carboxylic acids is 1. The summed E-state index contributed by atoms with van der Waals surface area (Å²) in [6, 6.07) is 16.9.